The average Bonchev–Trinajstić information content (AvgIpc) is 3.34. The number of nitrogens with one attached hydrogen (secondary N) is 2. The Morgan fingerprint density at radius 1 is 1.27 bits per heavy atom. The van der Waals surface area contributed by atoms with Crippen molar-refractivity contribution in [2.75, 3.05) is 18.4 Å². The molecular weight excluding hydrogens is 278 g/mol. The van der Waals surface area contributed by atoms with E-state index in [1.807, 2.05) is 23.1 Å². The second-order valence-electron chi connectivity index (χ2n) is 6.33. The second kappa shape index (κ2) is 6.08. The number of carbonyl (C=O) groups is 2. The molecule has 5 heteroatoms. The maximum Gasteiger partial charge on any atom is 0.254 e. The Balaban J connectivity index is 1.73. The lowest BCUT2D eigenvalue weighted by atomic mass is 10.0. The van der Waals surface area contributed by atoms with Gasteiger partial charge < -0.3 is 15.5 Å². The molecule has 2 atom stereocenters. The predicted molar refractivity (Wildman–Crippen MR) is 85.8 cm³/mol. The first-order chi connectivity index (χ1) is 10.6. The van der Waals surface area contributed by atoms with E-state index in [0.717, 1.165) is 19.4 Å². The van der Waals surface area contributed by atoms with Crippen LogP contribution in [0.2, 0.25) is 0 Å². The van der Waals surface area contributed by atoms with E-state index in [1.165, 1.54) is 0 Å². The summed E-state index contributed by atoms with van der Waals surface area (Å²) < 4.78 is 0. The topological polar surface area (TPSA) is 61.4 Å². The van der Waals surface area contributed by atoms with Gasteiger partial charge in [-0.05, 0) is 44.9 Å². The zero-order valence-corrected chi connectivity index (χ0v) is 13.1. The molecule has 2 fully saturated rings. The normalized spacial score (nSPS) is 24.9. The van der Waals surface area contributed by atoms with Crippen molar-refractivity contribution in [3.8, 4) is 0 Å². The maximum absolute atomic E-state index is 12.7. The average molecular weight is 301 g/mol. The van der Waals surface area contributed by atoms with Crippen LogP contribution in [-0.4, -0.2) is 41.9 Å². The molecule has 22 heavy (non-hydrogen) atoms. The van der Waals surface area contributed by atoms with Gasteiger partial charge in [-0.15, -0.1) is 0 Å². The minimum Gasteiger partial charge on any atom is -0.333 e. The molecule has 0 radical (unpaired) electrons. The van der Waals surface area contributed by atoms with Gasteiger partial charge in [0.2, 0.25) is 5.91 Å². The first-order valence-corrected chi connectivity index (χ1v) is 8.01. The monoisotopic (exact) mass is 301 g/mol. The number of rotatable bonds is 3. The number of piperazine rings is 1. The molecule has 1 aliphatic carbocycles. The highest BCUT2D eigenvalue weighted by molar-refractivity contribution is 5.98. The molecule has 2 aliphatic rings. The van der Waals surface area contributed by atoms with Crippen LogP contribution in [0.3, 0.4) is 0 Å². The molecule has 2 N–H and O–H groups in total. The fourth-order valence-electron chi connectivity index (χ4n) is 2.83. The van der Waals surface area contributed by atoms with Crippen LogP contribution in [-0.2, 0) is 4.79 Å². The summed E-state index contributed by atoms with van der Waals surface area (Å²) in [4.78, 5) is 26.5. The molecule has 0 spiro atoms. The Bertz CT molecular complexity index is 583. The Labute approximate surface area is 131 Å². The molecule has 2 amide bonds. The minimum atomic E-state index is 0.0309. The summed E-state index contributed by atoms with van der Waals surface area (Å²) in [5.74, 6) is 0.255. The van der Waals surface area contributed by atoms with Crippen molar-refractivity contribution >= 4 is 17.5 Å². The van der Waals surface area contributed by atoms with Gasteiger partial charge in [-0.25, -0.2) is 0 Å². The number of amides is 2. The van der Waals surface area contributed by atoms with E-state index in [0.29, 0.717) is 17.8 Å². The summed E-state index contributed by atoms with van der Waals surface area (Å²) in [6, 6.07) is 7.70. The number of benzene rings is 1. The summed E-state index contributed by atoms with van der Waals surface area (Å²) >= 11 is 0. The van der Waals surface area contributed by atoms with Gasteiger partial charge in [0.1, 0.15) is 0 Å². The largest absolute Gasteiger partial charge is 0.333 e. The van der Waals surface area contributed by atoms with E-state index in [4.69, 9.17) is 0 Å². The predicted octanol–water partition coefficient (Wildman–Crippen LogP) is 1.86. The van der Waals surface area contributed by atoms with Crippen LogP contribution in [0.1, 0.15) is 37.0 Å². The van der Waals surface area contributed by atoms with Crippen molar-refractivity contribution in [2.24, 2.45) is 5.92 Å². The van der Waals surface area contributed by atoms with E-state index in [2.05, 4.69) is 24.5 Å². The van der Waals surface area contributed by atoms with E-state index in [9.17, 15) is 9.59 Å². The molecule has 2 unspecified atom stereocenters. The van der Waals surface area contributed by atoms with Crippen LogP contribution in [0.4, 0.5) is 5.69 Å². The Hall–Kier alpha value is -1.88. The third-order valence-electron chi connectivity index (χ3n) is 4.62. The number of carbonyl (C=O) groups excluding carboxylic acids is 2. The van der Waals surface area contributed by atoms with Gasteiger partial charge in [0, 0.05) is 42.3 Å². The third-order valence-corrected chi connectivity index (χ3v) is 4.62. The molecule has 118 valence electrons. The first kappa shape index (κ1) is 15.0. The van der Waals surface area contributed by atoms with Crippen molar-refractivity contribution in [3.05, 3.63) is 29.8 Å². The fourth-order valence-corrected chi connectivity index (χ4v) is 2.83. The molecule has 1 aliphatic heterocycles. The lowest BCUT2D eigenvalue weighted by molar-refractivity contribution is -0.117. The number of hydrogen-bond acceptors (Lipinski definition) is 3. The molecule has 1 aromatic carbocycles. The molecular formula is C17H23N3O2. The summed E-state index contributed by atoms with van der Waals surface area (Å²) in [6.07, 6.45) is 1.95. The number of anilines is 1. The lowest BCUT2D eigenvalue weighted by Gasteiger charge is -2.38. The Kier molecular flexibility index (Phi) is 4.16. The highest BCUT2D eigenvalue weighted by Gasteiger charge is 2.30. The highest BCUT2D eigenvalue weighted by atomic mass is 16.2. The van der Waals surface area contributed by atoms with Crippen molar-refractivity contribution < 1.29 is 9.59 Å². The molecule has 0 aromatic heterocycles. The first-order valence-electron chi connectivity index (χ1n) is 8.01. The van der Waals surface area contributed by atoms with Crippen molar-refractivity contribution in [3.63, 3.8) is 0 Å². The van der Waals surface area contributed by atoms with Gasteiger partial charge in [-0.3, -0.25) is 9.59 Å². The molecule has 1 heterocycles. The van der Waals surface area contributed by atoms with E-state index < -0.39 is 0 Å². The second-order valence-corrected chi connectivity index (χ2v) is 6.33. The fraction of sp³-hybridized carbons (Fsp3) is 0.529. The smallest absolute Gasteiger partial charge is 0.254 e. The number of hydrogen-bond donors (Lipinski definition) is 2. The van der Waals surface area contributed by atoms with Crippen LogP contribution >= 0.6 is 0 Å². The molecule has 3 rings (SSSR count). The minimum absolute atomic E-state index is 0.0309. The van der Waals surface area contributed by atoms with Crippen LogP contribution < -0.4 is 10.6 Å². The van der Waals surface area contributed by atoms with Gasteiger partial charge in [0.15, 0.2) is 0 Å². The van der Waals surface area contributed by atoms with Crippen LogP contribution in [0, 0.1) is 5.92 Å². The van der Waals surface area contributed by atoms with Crippen molar-refractivity contribution in [2.45, 2.75) is 38.8 Å². The molecule has 1 saturated heterocycles. The van der Waals surface area contributed by atoms with Crippen molar-refractivity contribution in [1.29, 1.82) is 0 Å². The summed E-state index contributed by atoms with van der Waals surface area (Å²) in [5, 5.41) is 6.27. The van der Waals surface area contributed by atoms with Crippen LogP contribution in [0.25, 0.3) is 0 Å². The van der Waals surface area contributed by atoms with Gasteiger partial charge in [-0.2, -0.15) is 0 Å². The number of nitrogens with zero attached hydrogens (tertiary/aromatic N) is 1. The standard InChI is InChI=1S/C17H23N3O2/c1-11-12(2)20(9-8-18-11)17(22)14-4-3-5-15(10-14)19-16(21)13-6-7-13/h3-5,10-13,18H,6-9H2,1-2H3,(H,19,21). The Morgan fingerprint density at radius 2 is 2.05 bits per heavy atom. The third kappa shape index (κ3) is 3.14. The van der Waals surface area contributed by atoms with Crippen molar-refractivity contribution in [1.82, 2.24) is 10.2 Å². The van der Waals surface area contributed by atoms with E-state index in [-0.39, 0.29) is 29.8 Å². The highest BCUT2D eigenvalue weighted by Crippen LogP contribution is 2.30. The zero-order valence-electron chi connectivity index (χ0n) is 13.1. The SMILES string of the molecule is CC1NCCN(C(=O)c2cccc(NC(=O)C3CC3)c2)C1C. The maximum atomic E-state index is 12.7. The molecule has 5 nitrogen and oxygen atoms in total. The van der Waals surface area contributed by atoms with Gasteiger partial charge >= 0.3 is 0 Å². The van der Waals surface area contributed by atoms with E-state index in [1.54, 1.807) is 6.07 Å². The molecule has 1 aromatic rings. The molecule has 0 bridgehead atoms. The molecule has 1 saturated carbocycles. The van der Waals surface area contributed by atoms with Gasteiger partial charge in [0.05, 0.1) is 0 Å². The lowest BCUT2D eigenvalue weighted by Crippen LogP contribution is -2.57. The summed E-state index contributed by atoms with van der Waals surface area (Å²) in [7, 11) is 0. The van der Waals surface area contributed by atoms with Crippen LogP contribution in [0.5, 0.6) is 0 Å². The summed E-state index contributed by atoms with van der Waals surface area (Å²) in [6.45, 7) is 5.68. The Morgan fingerprint density at radius 3 is 2.77 bits per heavy atom. The van der Waals surface area contributed by atoms with Gasteiger partial charge in [-0.1, -0.05) is 6.07 Å². The summed E-state index contributed by atoms with van der Waals surface area (Å²) in [5.41, 5.74) is 1.34. The van der Waals surface area contributed by atoms with E-state index >= 15 is 0 Å². The zero-order chi connectivity index (χ0) is 15.7. The van der Waals surface area contributed by atoms with Crippen LogP contribution in [0.15, 0.2) is 24.3 Å². The quantitative estimate of drug-likeness (QED) is 0.896. The van der Waals surface area contributed by atoms with Gasteiger partial charge in [0.25, 0.3) is 5.91 Å².